The van der Waals surface area contributed by atoms with Crippen LogP contribution in [0.4, 0.5) is 11.6 Å². The lowest BCUT2D eigenvalue weighted by molar-refractivity contribution is 0.0962. The van der Waals surface area contributed by atoms with Gasteiger partial charge in [-0.25, -0.2) is 9.97 Å². The Balaban J connectivity index is 1.78. The predicted molar refractivity (Wildman–Crippen MR) is 107 cm³/mol. The quantitative estimate of drug-likeness (QED) is 0.573. The highest BCUT2D eigenvalue weighted by Gasteiger charge is 2.11. The number of carbonyl (C=O) groups is 1. The van der Waals surface area contributed by atoms with E-state index in [0.29, 0.717) is 16.5 Å². The molecule has 136 valence electrons. The largest absolute Gasteiger partial charge is 0.389 e. The third-order valence-corrected chi connectivity index (χ3v) is 4.82. The van der Waals surface area contributed by atoms with Crippen molar-refractivity contribution >= 4 is 28.9 Å². The fraction of sp³-hybridized carbons (Fsp3) is 0.150. The molecule has 3 N–H and O–H groups in total. The maximum atomic E-state index is 12.0. The lowest BCUT2D eigenvalue weighted by Crippen LogP contribution is -2.22. The molecule has 3 aromatic rings. The molecule has 3 rings (SSSR count). The van der Waals surface area contributed by atoms with Crippen LogP contribution in [0.25, 0.3) is 10.6 Å². The van der Waals surface area contributed by atoms with Crippen LogP contribution in [0.3, 0.4) is 0 Å². The monoisotopic (exact) mass is 378 g/mol. The average Bonchev–Trinajstić information content (AvgIpc) is 3.17. The second kappa shape index (κ2) is 8.45. The van der Waals surface area contributed by atoms with Gasteiger partial charge in [-0.15, -0.1) is 17.8 Å². The molecule has 2 heterocycles. The van der Waals surface area contributed by atoms with Gasteiger partial charge < -0.3 is 15.7 Å². The highest BCUT2D eigenvalue weighted by molar-refractivity contribution is 7.17. The van der Waals surface area contributed by atoms with Gasteiger partial charge in [-0.1, -0.05) is 18.1 Å². The summed E-state index contributed by atoms with van der Waals surface area (Å²) < 4.78 is 0. The molecule has 1 aromatic carbocycles. The van der Waals surface area contributed by atoms with Crippen LogP contribution in [0.15, 0.2) is 48.7 Å². The number of amides is 1. The first-order valence-corrected chi connectivity index (χ1v) is 9.08. The van der Waals surface area contributed by atoms with Crippen LogP contribution in [0.5, 0.6) is 0 Å². The summed E-state index contributed by atoms with van der Waals surface area (Å²) in [4.78, 5) is 22.1. The van der Waals surface area contributed by atoms with Crippen molar-refractivity contribution in [1.82, 2.24) is 15.3 Å². The molecule has 0 radical (unpaired) electrons. The summed E-state index contributed by atoms with van der Waals surface area (Å²) in [5.41, 5.74) is 2.29. The van der Waals surface area contributed by atoms with Crippen molar-refractivity contribution in [3.05, 3.63) is 59.1 Å². The number of anilines is 2. The van der Waals surface area contributed by atoms with Crippen LogP contribution in [0.2, 0.25) is 0 Å². The SMILES string of the molecule is C#CCNC(=O)c1ccc(-c2ccnc(Nc3cccc(C(C)O)c3)n2)s1. The zero-order valence-electron chi connectivity index (χ0n) is 14.6. The third-order valence-electron chi connectivity index (χ3n) is 3.71. The van der Waals surface area contributed by atoms with Gasteiger partial charge in [-0.2, -0.15) is 0 Å². The average molecular weight is 378 g/mol. The lowest BCUT2D eigenvalue weighted by Gasteiger charge is -2.09. The van der Waals surface area contributed by atoms with Gasteiger partial charge in [0, 0.05) is 11.9 Å². The molecule has 0 aliphatic carbocycles. The number of nitrogens with one attached hydrogen (secondary N) is 2. The molecule has 0 fully saturated rings. The van der Waals surface area contributed by atoms with E-state index in [9.17, 15) is 9.90 Å². The summed E-state index contributed by atoms with van der Waals surface area (Å²) in [5.74, 6) is 2.61. The second-order valence-electron chi connectivity index (χ2n) is 5.74. The number of aliphatic hydroxyl groups is 1. The second-order valence-corrected chi connectivity index (χ2v) is 6.83. The first-order chi connectivity index (χ1) is 13.1. The standard InChI is InChI=1S/C20H18N4O2S/c1-3-10-21-19(26)18-8-7-17(27-18)16-9-11-22-20(24-16)23-15-6-4-5-14(12-15)13(2)25/h1,4-9,11-13,25H,10H2,2H3,(H,21,26)(H,22,23,24). The van der Waals surface area contributed by atoms with Gasteiger partial charge in [0.2, 0.25) is 5.95 Å². The zero-order valence-corrected chi connectivity index (χ0v) is 15.5. The molecule has 1 atom stereocenters. The number of benzene rings is 1. The first-order valence-electron chi connectivity index (χ1n) is 8.27. The number of terminal acetylenes is 1. The van der Waals surface area contributed by atoms with Crippen molar-refractivity contribution in [3.63, 3.8) is 0 Å². The summed E-state index contributed by atoms with van der Waals surface area (Å²) in [7, 11) is 0. The topological polar surface area (TPSA) is 87.1 Å². The number of thiophene rings is 1. The third kappa shape index (κ3) is 4.70. The Labute approximate surface area is 161 Å². The van der Waals surface area contributed by atoms with Gasteiger partial charge in [0.05, 0.1) is 28.1 Å². The maximum absolute atomic E-state index is 12.0. The van der Waals surface area contributed by atoms with Gasteiger partial charge in [0.25, 0.3) is 5.91 Å². The molecule has 0 saturated carbocycles. The van der Waals surface area contributed by atoms with Crippen molar-refractivity contribution in [2.24, 2.45) is 0 Å². The van der Waals surface area contributed by atoms with Gasteiger partial charge in [-0.3, -0.25) is 4.79 Å². The fourth-order valence-corrected chi connectivity index (χ4v) is 3.27. The van der Waals surface area contributed by atoms with E-state index in [1.807, 2.05) is 30.3 Å². The minimum atomic E-state index is -0.552. The van der Waals surface area contributed by atoms with Gasteiger partial charge in [0.1, 0.15) is 0 Å². The van der Waals surface area contributed by atoms with E-state index in [1.165, 1.54) is 11.3 Å². The number of rotatable bonds is 6. The Kier molecular flexibility index (Phi) is 5.81. The van der Waals surface area contributed by atoms with Crippen LogP contribution in [-0.2, 0) is 0 Å². The molecular formula is C20H18N4O2S. The molecule has 0 aliphatic rings. The number of aromatic nitrogens is 2. The summed E-state index contributed by atoms with van der Waals surface area (Å²) >= 11 is 1.33. The number of carbonyl (C=O) groups excluding carboxylic acids is 1. The van der Waals surface area contributed by atoms with E-state index < -0.39 is 6.10 Å². The molecule has 0 bridgehead atoms. The van der Waals surface area contributed by atoms with Crippen molar-refractivity contribution in [3.8, 4) is 22.9 Å². The maximum Gasteiger partial charge on any atom is 0.262 e. The summed E-state index contributed by atoms with van der Waals surface area (Å²) in [6.07, 6.45) is 6.26. The molecule has 0 aliphatic heterocycles. The first kappa shape index (κ1) is 18.6. The van der Waals surface area contributed by atoms with Crippen LogP contribution in [-0.4, -0.2) is 27.5 Å². The van der Waals surface area contributed by atoms with E-state index in [1.54, 1.807) is 25.3 Å². The fourth-order valence-electron chi connectivity index (χ4n) is 2.38. The highest BCUT2D eigenvalue weighted by atomic mass is 32.1. The molecule has 2 aromatic heterocycles. The lowest BCUT2D eigenvalue weighted by atomic mass is 10.1. The van der Waals surface area contributed by atoms with Gasteiger partial charge in [0.15, 0.2) is 0 Å². The Bertz CT molecular complexity index is 991. The molecule has 6 nitrogen and oxygen atoms in total. The van der Waals surface area contributed by atoms with Crippen LogP contribution < -0.4 is 10.6 Å². The molecule has 1 unspecified atom stereocenters. The van der Waals surface area contributed by atoms with E-state index >= 15 is 0 Å². The highest BCUT2D eigenvalue weighted by Crippen LogP contribution is 2.27. The van der Waals surface area contributed by atoms with Crippen LogP contribution in [0, 0.1) is 12.3 Å². The number of aliphatic hydroxyl groups excluding tert-OH is 1. The molecule has 1 amide bonds. The number of hydrogen-bond acceptors (Lipinski definition) is 6. The Morgan fingerprint density at radius 3 is 2.96 bits per heavy atom. The van der Waals surface area contributed by atoms with Crippen molar-refractivity contribution in [1.29, 1.82) is 0 Å². The Morgan fingerprint density at radius 1 is 1.33 bits per heavy atom. The molecule has 7 heteroatoms. The smallest absolute Gasteiger partial charge is 0.262 e. The summed E-state index contributed by atoms with van der Waals surface area (Å²) in [6.45, 7) is 1.91. The van der Waals surface area contributed by atoms with Gasteiger partial charge in [-0.05, 0) is 42.8 Å². The summed E-state index contributed by atoms with van der Waals surface area (Å²) in [6, 6.07) is 12.8. The van der Waals surface area contributed by atoms with E-state index in [0.717, 1.165) is 16.1 Å². The molecule has 0 saturated heterocycles. The van der Waals surface area contributed by atoms with Gasteiger partial charge >= 0.3 is 0 Å². The minimum Gasteiger partial charge on any atom is -0.389 e. The van der Waals surface area contributed by atoms with Crippen LogP contribution >= 0.6 is 11.3 Å². The zero-order chi connectivity index (χ0) is 19.2. The minimum absolute atomic E-state index is 0.194. The van der Waals surface area contributed by atoms with E-state index in [4.69, 9.17) is 6.42 Å². The summed E-state index contributed by atoms with van der Waals surface area (Å²) in [5, 5.41) is 15.5. The number of nitrogens with zero attached hydrogens (tertiary/aromatic N) is 2. The Hall–Kier alpha value is -3.21. The van der Waals surface area contributed by atoms with Crippen molar-refractivity contribution < 1.29 is 9.90 Å². The van der Waals surface area contributed by atoms with E-state index in [2.05, 4.69) is 26.5 Å². The molecule has 27 heavy (non-hydrogen) atoms. The molecule has 0 spiro atoms. The molecular weight excluding hydrogens is 360 g/mol. The van der Waals surface area contributed by atoms with Crippen molar-refractivity contribution in [2.45, 2.75) is 13.0 Å². The number of hydrogen-bond donors (Lipinski definition) is 3. The normalized spacial score (nSPS) is 11.4. The van der Waals surface area contributed by atoms with Crippen molar-refractivity contribution in [2.75, 3.05) is 11.9 Å². The predicted octanol–water partition coefficient (Wildman–Crippen LogP) is 3.37. The van der Waals surface area contributed by atoms with E-state index in [-0.39, 0.29) is 12.5 Å². The Morgan fingerprint density at radius 2 is 2.19 bits per heavy atom. The van der Waals surface area contributed by atoms with Crippen LogP contribution in [0.1, 0.15) is 28.3 Å².